The van der Waals surface area contributed by atoms with Gasteiger partial charge in [-0.15, -0.1) is 0 Å². The minimum atomic E-state index is -0.293. The quantitative estimate of drug-likeness (QED) is 0.286. The van der Waals surface area contributed by atoms with Gasteiger partial charge in [-0.25, -0.2) is 9.98 Å². The molecular formula is C33H21N5O2. The first kappa shape index (κ1) is 22.4. The van der Waals surface area contributed by atoms with E-state index < -0.39 is 0 Å². The van der Waals surface area contributed by atoms with Crippen molar-refractivity contribution in [3.63, 3.8) is 0 Å². The number of phenols is 2. The first-order chi connectivity index (χ1) is 19.6. The van der Waals surface area contributed by atoms with Gasteiger partial charge in [0.05, 0.1) is 22.4 Å². The first-order valence-corrected chi connectivity index (χ1v) is 13.0. The van der Waals surface area contributed by atoms with Crippen molar-refractivity contribution in [2.24, 2.45) is 25.9 Å². The third kappa shape index (κ3) is 3.45. The van der Waals surface area contributed by atoms with Crippen LogP contribution in [0.3, 0.4) is 0 Å². The molecule has 7 nitrogen and oxygen atoms in total. The summed E-state index contributed by atoms with van der Waals surface area (Å²) in [5.74, 6) is 1.52. The number of allylic oxidation sites excluding steroid dienone is 2. The van der Waals surface area contributed by atoms with Crippen LogP contribution < -0.4 is 0 Å². The second-order valence-corrected chi connectivity index (χ2v) is 9.93. The molecule has 1 atom stereocenters. The molecule has 2 N–H and O–H groups in total. The van der Waals surface area contributed by atoms with Crippen LogP contribution in [0.5, 0.6) is 11.5 Å². The van der Waals surface area contributed by atoms with E-state index in [0.717, 1.165) is 49.9 Å². The number of aromatic nitrogens is 1. The maximum Gasteiger partial charge on any atom is 0.238 e. The van der Waals surface area contributed by atoms with Crippen molar-refractivity contribution in [1.82, 2.24) is 4.57 Å². The number of rotatable bonds is 2. The fraction of sp³-hybridized carbons (Fsp3) is 0.0303. The zero-order valence-corrected chi connectivity index (χ0v) is 21.1. The van der Waals surface area contributed by atoms with Crippen LogP contribution >= 0.6 is 0 Å². The number of fused-ring (bicyclic) bond motifs is 3. The van der Waals surface area contributed by atoms with Gasteiger partial charge in [-0.3, -0.25) is 4.57 Å². The van der Waals surface area contributed by atoms with E-state index in [-0.39, 0.29) is 17.4 Å². The molecule has 190 valence electrons. The van der Waals surface area contributed by atoms with Crippen molar-refractivity contribution in [1.29, 1.82) is 0 Å². The molecule has 0 fully saturated rings. The number of nitrogens with zero attached hydrogens (tertiary/aromatic N) is 5. The fourth-order valence-corrected chi connectivity index (χ4v) is 5.61. The van der Waals surface area contributed by atoms with E-state index in [1.54, 1.807) is 24.3 Å². The minimum absolute atomic E-state index is 0.124. The van der Waals surface area contributed by atoms with Gasteiger partial charge in [0.2, 0.25) is 5.96 Å². The monoisotopic (exact) mass is 519 g/mol. The molecule has 0 radical (unpaired) electrons. The van der Waals surface area contributed by atoms with Crippen molar-refractivity contribution < 1.29 is 10.2 Å². The molecule has 0 spiro atoms. The average Bonchev–Trinajstić information content (AvgIpc) is 3.30. The molecule has 40 heavy (non-hydrogen) atoms. The van der Waals surface area contributed by atoms with Gasteiger partial charge in [0, 0.05) is 34.0 Å². The Kier molecular flexibility index (Phi) is 4.75. The van der Waals surface area contributed by atoms with Crippen LogP contribution in [-0.2, 0) is 0 Å². The molecule has 1 unspecified atom stereocenters. The van der Waals surface area contributed by atoms with E-state index in [0.29, 0.717) is 17.6 Å². The molecule has 8 rings (SSSR count). The molecule has 1 aromatic heterocycles. The number of hydrogen-bond acceptors (Lipinski definition) is 6. The fourth-order valence-electron chi connectivity index (χ4n) is 5.61. The summed E-state index contributed by atoms with van der Waals surface area (Å²) in [5, 5.41) is 22.6. The van der Waals surface area contributed by atoms with Gasteiger partial charge in [0.15, 0.2) is 0 Å². The number of aliphatic imine (C=N–C) groups is 4. The summed E-state index contributed by atoms with van der Waals surface area (Å²) in [6, 6.07) is 30.5. The lowest BCUT2D eigenvalue weighted by Crippen LogP contribution is -2.35. The Morgan fingerprint density at radius 3 is 1.82 bits per heavy atom. The van der Waals surface area contributed by atoms with Gasteiger partial charge in [0.1, 0.15) is 29.1 Å². The maximum atomic E-state index is 10.4. The van der Waals surface area contributed by atoms with Gasteiger partial charge in [-0.05, 0) is 42.0 Å². The van der Waals surface area contributed by atoms with Crippen molar-refractivity contribution in [2.75, 3.05) is 0 Å². The molecule has 0 saturated carbocycles. The Morgan fingerprint density at radius 1 is 0.575 bits per heavy atom. The largest absolute Gasteiger partial charge is 0.508 e. The van der Waals surface area contributed by atoms with Crippen LogP contribution in [0.4, 0.5) is 0 Å². The zero-order valence-electron chi connectivity index (χ0n) is 21.1. The Balaban J connectivity index is 1.41. The predicted octanol–water partition coefficient (Wildman–Crippen LogP) is 6.32. The maximum absolute atomic E-state index is 10.4. The molecule has 4 aromatic carbocycles. The molecule has 0 saturated heterocycles. The van der Waals surface area contributed by atoms with Crippen molar-refractivity contribution in [3.05, 3.63) is 126 Å². The summed E-state index contributed by atoms with van der Waals surface area (Å²) in [4.78, 5) is 20.0. The summed E-state index contributed by atoms with van der Waals surface area (Å²) < 4.78 is 1.85. The SMILES string of the molecule is Oc1ccc2c3ccc(O)cc3n(C3=NC4=NC(c5ccccc5)=CC5=CC(c6ccccc6)=NC(=N3)C54)c2c1. The molecule has 4 heterocycles. The topological polar surface area (TPSA) is 94.8 Å². The lowest BCUT2D eigenvalue weighted by Gasteiger charge is -2.29. The van der Waals surface area contributed by atoms with Crippen LogP contribution in [0.15, 0.2) is 135 Å². The van der Waals surface area contributed by atoms with Gasteiger partial charge in [-0.2, -0.15) is 9.98 Å². The highest BCUT2D eigenvalue weighted by Gasteiger charge is 2.36. The van der Waals surface area contributed by atoms with Crippen LogP contribution in [0, 0.1) is 5.92 Å². The van der Waals surface area contributed by atoms with Crippen LogP contribution in [0.25, 0.3) is 27.5 Å². The third-order valence-corrected chi connectivity index (χ3v) is 7.43. The standard InChI is InChI=1S/C33H21N5O2/c39-22-11-13-24-25-14-12-23(40)18-29(25)38(28(24)17-22)33-36-31-30-21(15-26(34-31)19-7-3-1-4-8-19)16-27(35-32(30)37-33)20-9-5-2-6-10-20/h1-18,30,39-40H. The Hall–Kier alpha value is -5.56. The van der Waals surface area contributed by atoms with E-state index in [1.165, 1.54) is 0 Å². The lowest BCUT2D eigenvalue weighted by atomic mass is 9.87. The summed E-state index contributed by atoms with van der Waals surface area (Å²) in [6.07, 6.45) is 4.18. The molecule has 0 aliphatic carbocycles. The average molecular weight is 520 g/mol. The molecule has 5 aromatic rings. The summed E-state index contributed by atoms with van der Waals surface area (Å²) in [6.45, 7) is 0. The Bertz CT molecular complexity index is 1960. The summed E-state index contributed by atoms with van der Waals surface area (Å²) in [7, 11) is 0. The lowest BCUT2D eigenvalue weighted by molar-refractivity contribution is 0.475. The van der Waals surface area contributed by atoms with E-state index in [1.807, 2.05) is 77.4 Å². The molecular weight excluding hydrogens is 498 g/mol. The highest BCUT2D eigenvalue weighted by Crippen LogP contribution is 2.37. The van der Waals surface area contributed by atoms with Crippen molar-refractivity contribution in [2.45, 2.75) is 0 Å². The number of hydrogen-bond donors (Lipinski definition) is 2. The number of amidine groups is 2. The van der Waals surface area contributed by atoms with Crippen LogP contribution in [-0.4, -0.2) is 38.1 Å². The van der Waals surface area contributed by atoms with E-state index in [2.05, 4.69) is 12.2 Å². The van der Waals surface area contributed by atoms with Crippen molar-refractivity contribution in [3.8, 4) is 11.5 Å². The summed E-state index contributed by atoms with van der Waals surface area (Å²) in [5.41, 5.74) is 6.07. The van der Waals surface area contributed by atoms with Gasteiger partial charge >= 0.3 is 0 Å². The normalized spacial score (nSPS) is 17.9. The number of benzene rings is 4. The van der Waals surface area contributed by atoms with Crippen molar-refractivity contribution >= 4 is 50.8 Å². The van der Waals surface area contributed by atoms with Gasteiger partial charge in [0.25, 0.3) is 0 Å². The molecule has 0 amide bonds. The number of phenolic OH excluding ortho intramolecular Hbond substituents is 2. The minimum Gasteiger partial charge on any atom is -0.508 e. The second kappa shape index (κ2) is 8.47. The highest BCUT2D eigenvalue weighted by molar-refractivity contribution is 6.29. The third-order valence-electron chi connectivity index (χ3n) is 7.43. The van der Waals surface area contributed by atoms with Gasteiger partial charge < -0.3 is 10.2 Å². The second-order valence-electron chi connectivity index (χ2n) is 9.93. The van der Waals surface area contributed by atoms with E-state index >= 15 is 0 Å². The Morgan fingerprint density at radius 2 is 1.18 bits per heavy atom. The smallest absolute Gasteiger partial charge is 0.238 e. The number of aromatic hydroxyl groups is 2. The molecule has 3 aliphatic rings. The number of dihydropyridines is 1. The highest BCUT2D eigenvalue weighted by atomic mass is 16.3. The van der Waals surface area contributed by atoms with Gasteiger partial charge in [-0.1, -0.05) is 60.7 Å². The first-order valence-electron chi connectivity index (χ1n) is 13.0. The molecule has 7 heteroatoms. The predicted molar refractivity (Wildman–Crippen MR) is 159 cm³/mol. The molecule has 3 aliphatic heterocycles. The van der Waals surface area contributed by atoms with Crippen LogP contribution in [0.2, 0.25) is 0 Å². The molecule has 0 bridgehead atoms. The summed E-state index contributed by atoms with van der Waals surface area (Å²) >= 11 is 0. The van der Waals surface area contributed by atoms with E-state index in [9.17, 15) is 10.2 Å². The van der Waals surface area contributed by atoms with E-state index in [4.69, 9.17) is 20.0 Å². The van der Waals surface area contributed by atoms with Crippen LogP contribution in [0.1, 0.15) is 11.1 Å². The zero-order chi connectivity index (χ0) is 26.8. The Labute approximate surface area is 228 Å².